The summed E-state index contributed by atoms with van der Waals surface area (Å²) in [6.07, 6.45) is 3.94. The largest absolute Gasteiger partial charge is 0.374 e. The summed E-state index contributed by atoms with van der Waals surface area (Å²) in [7, 11) is 0. The van der Waals surface area contributed by atoms with Gasteiger partial charge in [-0.05, 0) is 34.7 Å². The lowest BCUT2D eigenvalue weighted by Crippen LogP contribution is -2.17. The van der Waals surface area contributed by atoms with E-state index in [1.807, 2.05) is 6.34 Å². The molecule has 1 aliphatic heterocycles. The van der Waals surface area contributed by atoms with E-state index in [0.717, 1.165) is 19.4 Å². The van der Waals surface area contributed by atoms with Crippen molar-refractivity contribution in [3.8, 4) is 0 Å². The molecule has 0 aromatic heterocycles. The summed E-state index contributed by atoms with van der Waals surface area (Å²) < 4.78 is 0. The van der Waals surface area contributed by atoms with Crippen molar-refractivity contribution in [1.29, 1.82) is 0 Å². The second-order valence-corrected chi connectivity index (χ2v) is 4.83. The number of nitrogens with zero attached hydrogens (tertiary/aromatic N) is 1. The van der Waals surface area contributed by atoms with Crippen molar-refractivity contribution < 1.29 is 0 Å². The van der Waals surface area contributed by atoms with Crippen LogP contribution in [0.15, 0.2) is 41.4 Å². The van der Waals surface area contributed by atoms with E-state index < -0.39 is 0 Å². The highest BCUT2D eigenvalue weighted by atomic mass is 15.0. The highest BCUT2D eigenvalue weighted by Gasteiger charge is 2.13. The van der Waals surface area contributed by atoms with Crippen molar-refractivity contribution in [1.82, 2.24) is 5.32 Å². The van der Waals surface area contributed by atoms with Gasteiger partial charge in [0.15, 0.2) is 0 Å². The fraction of sp³-hybridized carbons (Fsp3) is 0.312. The zero-order chi connectivity index (χ0) is 12.4. The van der Waals surface area contributed by atoms with E-state index >= 15 is 0 Å². The van der Waals surface area contributed by atoms with E-state index in [-0.39, 0.29) is 0 Å². The van der Waals surface area contributed by atoms with E-state index in [4.69, 9.17) is 0 Å². The summed E-state index contributed by atoms with van der Waals surface area (Å²) in [5, 5.41) is 5.96. The summed E-state index contributed by atoms with van der Waals surface area (Å²) in [6, 6.07) is 13.6. The minimum Gasteiger partial charge on any atom is -0.374 e. The first-order chi connectivity index (χ1) is 8.88. The van der Waals surface area contributed by atoms with Crippen LogP contribution < -0.4 is 5.32 Å². The first-order valence-electron chi connectivity index (χ1n) is 6.63. The maximum absolute atomic E-state index is 4.46. The molecule has 0 aliphatic carbocycles. The second-order valence-electron chi connectivity index (χ2n) is 4.83. The molecule has 1 heterocycles. The maximum Gasteiger partial charge on any atom is 0.0828 e. The zero-order valence-corrected chi connectivity index (χ0v) is 10.7. The van der Waals surface area contributed by atoms with Crippen LogP contribution in [0.5, 0.6) is 0 Å². The Morgan fingerprint density at radius 2 is 1.94 bits per heavy atom. The molecular weight excluding hydrogens is 220 g/mol. The number of benzene rings is 2. The van der Waals surface area contributed by atoms with Gasteiger partial charge in [0.1, 0.15) is 0 Å². The molecule has 2 aromatic carbocycles. The van der Waals surface area contributed by atoms with Gasteiger partial charge in [-0.25, -0.2) is 0 Å². The normalized spacial score (nSPS) is 18.2. The molecule has 3 rings (SSSR count). The first-order valence-corrected chi connectivity index (χ1v) is 6.63. The Hall–Kier alpha value is -1.83. The molecule has 2 aromatic rings. The van der Waals surface area contributed by atoms with E-state index in [1.165, 1.54) is 21.9 Å². The van der Waals surface area contributed by atoms with Gasteiger partial charge in [0, 0.05) is 6.54 Å². The van der Waals surface area contributed by atoms with Crippen LogP contribution in [-0.2, 0) is 12.8 Å². The first kappa shape index (κ1) is 11.3. The summed E-state index contributed by atoms with van der Waals surface area (Å²) in [6.45, 7) is 3.19. The zero-order valence-electron chi connectivity index (χ0n) is 10.7. The van der Waals surface area contributed by atoms with Gasteiger partial charge in [-0.2, -0.15) is 0 Å². The molecule has 0 spiro atoms. The molecule has 1 aliphatic rings. The number of fused-ring (bicyclic) bond motifs is 1. The van der Waals surface area contributed by atoms with Gasteiger partial charge in [0.25, 0.3) is 0 Å². The maximum atomic E-state index is 4.46. The molecule has 1 atom stereocenters. The Morgan fingerprint density at radius 1 is 1.17 bits per heavy atom. The molecular formula is C16H18N2. The highest BCUT2D eigenvalue weighted by Crippen LogP contribution is 2.25. The SMILES string of the molecule is CCc1cccc2cccc(CC3CNC=N3)c12. The smallest absolute Gasteiger partial charge is 0.0828 e. The van der Waals surface area contributed by atoms with Crippen molar-refractivity contribution in [3.05, 3.63) is 47.5 Å². The molecule has 2 nitrogen and oxygen atoms in total. The van der Waals surface area contributed by atoms with Crippen LogP contribution in [0.1, 0.15) is 18.1 Å². The fourth-order valence-corrected chi connectivity index (χ4v) is 2.74. The average molecular weight is 238 g/mol. The number of nitrogens with one attached hydrogen (secondary N) is 1. The monoisotopic (exact) mass is 238 g/mol. The van der Waals surface area contributed by atoms with Crippen LogP contribution in [0.25, 0.3) is 10.8 Å². The molecule has 0 radical (unpaired) electrons. The number of hydrogen-bond acceptors (Lipinski definition) is 2. The predicted molar refractivity (Wildman–Crippen MR) is 77.3 cm³/mol. The number of hydrogen-bond donors (Lipinski definition) is 1. The van der Waals surface area contributed by atoms with Crippen LogP contribution in [-0.4, -0.2) is 18.9 Å². The van der Waals surface area contributed by atoms with Gasteiger partial charge in [0.2, 0.25) is 0 Å². The average Bonchev–Trinajstić information content (AvgIpc) is 2.91. The van der Waals surface area contributed by atoms with Gasteiger partial charge in [-0.15, -0.1) is 0 Å². The molecule has 2 heteroatoms. The lowest BCUT2D eigenvalue weighted by molar-refractivity contribution is 0.695. The van der Waals surface area contributed by atoms with Gasteiger partial charge in [0.05, 0.1) is 12.4 Å². The van der Waals surface area contributed by atoms with Crippen molar-refractivity contribution in [2.75, 3.05) is 6.54 Å². The van der Waals surface area contributed by atoms with Crippen LogP contribution in [0.4, 0.5) is 0 Å². The highest BCUT2D eigenvalue weighted by molar-refractivity contribution is 5.89. The Bertz CT molecular complexity index is 581. The standard InChI is InChI=1S/C16H18N2/c1-2-12-5-3-6-13-7-4-8-14(16(12)13)9-15-10-17-11-18-15/h3-8,11,15H,2,9-10H2,1H3,(H,17,18). The van der Waals surface area contributed by atoms with Crippen LogP contribution in [0.3, 0.4) is 0 Å². The molecule has 0 amide bonds. The van der Waals surface area contributed by atoms with E-state index in [1.54, 1.807) is 0 Å². The molecule has 92 valence electrons. The fourth-order valence-electron chi connectivity index (χ4n) is 2.74. The van der Waals surface area contributed by atoms with Crippen LogP contribution in [0.2, 0.25) is 0 Å². The van der Waals surface area contributed by atoms with Crippen LogP contribution in [0, 0.1) is 0 Å². The molecule has 1 N–H and O–H groups in total. The minimum absolute atomic E-state index is 0.389. The van der Waals surface area contributed by atoms with Crippen molar-refractivity contribution in [3.63, 3.8) is 0 Å². The van der Waals surface area contributed by atoms with Crippen molar-refractivity contribution in [2.24, 2.45) is 4.99 Å². The second kappa shape index (κ2) is 4.81. The third kappa shape index (κ3) is 1.99. The Morgan fingerprint density at radius 3 is 2.61 bits per heavy atom. The van der Waals surface area contributed by atoms with Gasteiger partial charge < -0.3 is 5.32 Å². The summed E-state index contributed by atoms with van der Waals surface area (Å²) >= 11 is 0. The Labute approximate surface area is 108 Å². The Kier molecular flexibility index (Phi) is 3.01. The summed E-state index contributed by atoms with van der Waals surface area (Å²) in [5.41, 5.74) is 2.87. The number of rotatable bonds is 3. The molecule has 0 saturated heterocycles. The van der Waals surface area contributed by atoms with Gasteiger partial charge in [-0.3, -0.25) is 4.99 Å². The van der Waals surface area contributed by atoms with Crippen LogP contribution >= 0.6 is 0 Å². The van der Waals surface area contributed by atoms with Gasteiger partial charge >= 0.3 is 0 Å². The van der Waals surface area contributed by atoms with Crippen molar-refractivity contribution in [2.45, 2.75) is 25.8 Å². The molecule has 0 bridgehead atoms. The van der Waals surface area contributed by atoms with Gasteiger partial charge in [-0.1, -0.05) is 43.3 Å². The van der Waals surface area contributed by atoms with E-state index in [2.05, 4.69) is 53.6 Å². The molecule has 1 unspecified atom stereocenters. The topological polar surface area (TPSA) is 24.4 Å². The lowest BCUT2D eigenvalue weighted by atomic mass is 9.94. The Balaban J connectivity index is 2.07. The van der Waals surface area contributed by atoms with Crippen molar-refractivity contribution >= 4 is 17.1 Å². The number of aryl methyl sites for hydroxylation is 1. The summed E-state index contributed by atoms with van der Waals surface area (Å²) in [5.74, 6) is 0. The quantitative estimate of drug-likeness (QED) is 0.873. The third-order valence-corrected chi connectivity index (χ3v) is 3.64. The van der Waals surface area contributed by atoms with E-state index in [9.17, 15) is 0 Å². The third-order valence-electron chi connectivity index (χ3n) is 3.64. The molecule has 0 fully saturated rings. The minimum atomic E-state index is 0.389. The van der Waals surface area contributed by atoms with E-state index in [0.29, 0.717) is 6.04 Å². The summed E-state index contributed by atoms with van der Waals surface area (Å²) in [4.78, 5) is 4.46. The number of aliphatic imine (C=N–C) groups is 1. The molecule has 0 saturated carbocycles. The molecule has 18 heavy (non-hydrogen) atoms. The predicted octanol–water partition coefficient (Wildman–Crippen LogP) is 2.94. The lowest BCUT2D eigenvalue weighted by Gasteiger charge is -2.12.